The Balaban J connectivity index is 2.28. The van der Waals surface area contributed by atoms with E-state index in [0.29, 0.717) is 29.8 Å². The van der Waals surface area contributed by atoms with E-state index in [9.17, 15) is 4.79 Å². The van der Waals surface area contributed by atoms with Gasteiger partial charge in [-0.05, 0) is 46.7 Å². The zero-order valence-corrected chi connectivity index (χ0v) is 26.2. The number of rotatable bonds is 10. The van der Waals surface area contributed by atoms with E-state index in [4.69, 9.17) is 13.6 Å². The van der Waals surface area contributed by atoms with Gasteiger partial charge in [-0.2, -0.15) is 0 Å². The molecule has 7 heteroatoms. The Hall–Kier alpha value is -1.16. The lowest BCUT2D eigenvalue weighted by molar-refractivity contribution is 0.0532. The molecule has 200 valence electrons. The molecule has 0 unspecified atom stereocenters. The summed E-state index contributed by atoms with van der Waals surface area (Å²) in [7, 11) is -4.09. The van der Waals surface area contributed by atoms with Gasteiger partial charge in [0.1, 0.15) is 6.61 Å². The summed E-state index contributed by atoms with van der Waals surface area (Å²) in [5, 5.41) is 0.104. The van der Waals surface area contributed by atoms with E-state index in [0.717, 1.165) is 12.0 Å². The van der Waals surface area contributed by atoms with E-state index < -0.39 is 16.6 Å². The highest BCUT2D eigenvalue weighted by Crippen LogP contribution is 2.45. The van der Waals surface area contributed by atoms with Crippen molar-refractivity contribution in [3.8, 4) is 0 Å². The fraction of sp³-hybridized carbons (Fsp3) is 0.750. The molecule has 0 spiro atoms. The summed E-state index contributed by atoms with van der Waals surface area (Å²) in [4.78, 5) is 15.2. The molecule has 35 heavy (non-hydrogen) atoms. The van der Waals surface area contributed by atoms with Crippen LogP contribution in [0.3, 0.4) is 0 Å². The molecule has 5 nitrogen and oxygen atoms in total. The van der Waals surface area contributed by atoms with E-state index in [2.05, 4.69) is 75.4 Å². The van der Waals surface area contributed by atoms with Crippen LogP contribution in [0.1, 0.15) is 74.3 Å². The first-order valence-corrected chi connectivity index (χ1v) is 18.5. The molecular formula is C28H51NO4Si2. The maximum Gasteiger partial charge on any atom is 0.410 e. The van der Waals surface area contributed by atoms with E-state index >= 15 is 0 Å². The first-order chi connectivity index (χ1) is 16.1. The van der Waals surface area contributed by atoms with E-state index in [1.165, 1.54) is 0 Å². The summed E-state index contributed by atoms with van der Waals surface area (Å²) in [6.07, 6.45) is 0.532. The first-order valence-electron chi connectivity index (χ1n) is 13.4. The van der Waals surface area contributed by atoms with Crippen molar-refractivity contribution >= 4 is 22.7 Å². The SMILES string of the molecule is CC(C)[Si](O[C@H]1CCN(C(=O)OCc2ccccc2)[C@H]1CO[Si](C)(C)C(C)(C)C)(C(C)C)C(C)C. The number of carbonyl (C=O) groups excluding carboxylic acids is 1. The summed E-state index contributed by atoms with van der Waals surface area (Å²) in [6, 6.07) is 9.73. The number of nitrogens with zero attached hydrogens (tertiary/aromatic N) is 1. The molecular weight excluding hydrogens is 470 g/mol. The van der Waals surface area contributed by atoms with Gasteiger partial charge in [0.15, 0.2) is 8.32 Å². The van der Waals surface area contributed by atoms with Crippen molar-refractivity contribution < 1.29 is 18.4 Å². The second kappa shape index (κ2) is 11.9. The summed E-state index contributed by atoms with van der Waals surface area (Å²) in [5.74, 6) is 0. The summed E-state index contributed by atoms with van der Waals surface area (Å²) in [5.41, 5.74) is 2.46. The van der Waals surface area contributed by atoms with Crippen molar-refractivity contribution in [2.24, 2.45) is 0 Å². The van der Waals surface area contributed by atoms with Gasteiger partial charge in [0.2, 0.25) is 8.32 Å². The average molecular weight is 522 g/mol. The third-order valence-corrected chi connectivity index (χ3v) is 19.0. The molecule has 1 heterocycles. The Morgan fingerprint density at radius 3 is 2.03 bits per heavy atom. The van der Waals surface area contributed by atoms with Crippen LogP contribution in [-0.2, 0) is 20.2 Å². The summed E-state index contributed by atoms with van der Waals surface area (Å²) >= 11 is 0. The minimum Gasteiger partial charge on any atom is -0.445 e. The third-order valence-electron chi connectivity index (χ3n) is 8.41. The predicted molar refractivity (Wildman–Crippen MR) is 151 cm³/mol. The second-order valence-corrected chi connectivity index (χ2v) is 22.9. The summed E-state index contributed by atoms with van der Waals surface area (Å²) in [6.45, 7) is 26.6. The fourth-order valence-corrected chi connectivity index (χ4v) is 12.0. The number of amides is 1. The molecule has 0 saturated carbocycles. The number of benzene rings is 1. The zero-order valence-electron chi connectivity index (χ0n) is 24.2. The van der Waals surface area contributed by atoms with Crippen molar-refractivity contribution in [3.05, 3.63) is 35.9 Å². The molecule has 1 amide bonds. The van der Waals surface area contributed by atoms with Gasteiger partial charge in [-0.25, -0.2) is 4.79 Å². The molecule has 0 aromatic heterocycles. The lowest BCUT2D eigenvalue weighted by Crippen LogP contribution is -2.54. The van der Waals surface area contributed by atoms with Crippen LogP contribution in [0.5, 0.6) is 0 Å². The first kappa shape index (κ1) is 30.1. The fourth-order valence-electron chi connectivity index (χ4n) is 5.37. The molecule has 1 aliphatic rings. The van der Waals surface area contributed by atoms with Crippen molar-refractivity contribution in [1.29, 1.82) is 0 Å². The highest BCUT2D eigenvalue weighted by molar-refractivity contribution is 6.77. The predicted octanol–water partition coefficient (Wildman–Crippen LogP) is 7.98. The molecule has 0 aliphatic carbocycles. The Morgan fingerprint density at radius 1 is 1.00 bits per heavy atom. The van der Waals surface area contributed by atoms with Gasteiger partial charge >= 0.3 is 6.09 Å². The summed E-state index contributed by atoms with van der Waals surface area (Å²) < 4.78 is 19.6. The highest BCUT2D eigenvalue weighted by atomic mass is 28.4. The van der Waals surface area contributed by atoms with Crippen molar-refractivity contribution in [1.82, 2.24) is 4.90 Å². The molecule has 2 rings (SSSR count). The van der Waals surface area contributed by atoms with Crippen LogP contribution < -0.4 is 0 Å². The lowest BCUT2D eigenvalue weighted by atomic mass is 10.2. The highest BCUT2D eigenvalue weighted by Gasteiger charge is 2.51. The average Bonchev–Trinajstić information content (AvgIpc) is 3.16. The molecule has 1 aromatic carbocycles. The van der Waals surface area contributed by atoms with E-state index in [1.807, 2.05) is 35.2 Å². The van der Waals surface area contributed by atoms with Crippen LogP contribution in [0.4, 0.5) is 4.79 Å². The van der Waals surface area contributed by atoms with Gasteiger partial charge in [-0.1, -0.05) is 92.6 Å². The second-order valence-electron chi connectivity index (χ2n) is 12.6. The number of ether oxygens (including phenoxy) is 1. The molecule has 1 fully saturated rings. The molecule has 1 aromatic rings. The molecule has 0 radical (unpaired) electrons. The van der Waals surface area contributed by atoms with Gasteiger partial charge < -0.3 is 18.5 Å². The largest absolute Gasteiger partial charge is 0.445 e. The van der Waals surface area contributed by atoms with Crippen LogP contribution in [0.25, 0.3) is 0 Å². The Bertz CT molecular complexity index is 783. The van der Waals surface area contributed by atoms with Gasteiger partial charge in [0.05, 0.1) is 18.8 Å². The van der Waals surface area contributed by atoms with Gasteiger partial charge in [-0.3, -0.25) is 0 Å². The number of carbonyl (C=O) groups is 1. The maximum absolute atomic E-state index is 13.3. The monoisotopic (exact) mass is 521 g/mol. The van der Waals surface area contributed by atoms with Crippen LogP contribution >= 0.6 is 0 Å². The molecule has 1 aliphatic heterocycles. The number of hydrogen-bond acceptors (Lipinski definition) is 4. The Morgan fingerprint density at radius 2 is 1.54 bits per heavy atom. The number of likely N-dealkylation sites (tertiary alicyclic amines) is 1. The Kier molecular flexibility index (Phi) is 10.2. The zero-order chi connectivity index (χ0) is 26.6. The molecule has 0 N–H and O–H groups in total. The maximum atomic E-state index is 13.3. The Labute approximate surface area is 217 Å². The molecule has 1 saturated heterocycles. The van der Waals surface area contributed by atoms with Crippen LogP contribution in [-0.4, -0.2) is 52.9 Å². The van der Waals surface area contributed by atoms with Gasteiger partial charge in [0.25, 0.3) is 0 Å². The molecule has 2 atom stereocenters. The van der Waals surface area contributed by atoms with Crippen LogP contribution in [0.2, 0.25) is 34.8 Å². The topological polar surface area (TPSA) is 48.0 Å². The normalized spacial score (nSPS) is 19.8. The molecule has 0 bridgehead atoms. The van der Waals surface area contributed by atoms with Crippen LogP contribution in [0.15, 0.2) is 30.3 Å². The lowest BCUT2D eigenvalue weighted by Gasteiger charge is -2.45. The quantitative estimate of drug-likeness (QED) is 0.293. The smallest absolute Gasteiger partial charge is 0.410 e. The van der Waals surface area contributed by atoms with Gasteiger partial charge in [0, 0.05) is 6.54 Å². The van der Waals surface area contributed by atoms with Gasteiger partial charge in [-0.15, -0.1) is 0 Å². The van der Waals surface area contributed by atoms with Crippen LogP contribution in [0, 0.1) is 0 Å². The number of hydrogen-bond donors (Lipinski definition) is 0. The van der Waals surface area contributed by atoms with Crippen molar-refractivity contribution in [2.45, 2.75) is 122 Å². The van der Waals surface area contributed by atoms with E-state index in [-0.39, 0.29) is 29.9 Å². The minimum absolute atomic E-state index is 0.0251. The third kappa shape index (κ3) is 6.99. The van der Waals surface area contributed by atoms with Crippen molar-refractivity contribution in [2.75, 3.05) is 13.2 Å². The van der Waals surface area contributed by atoms with Crippen molar-refractivity contribution in [3.63, 3.8) is 0 Å². The van der Waals surface area contributed by atoms with E-state index in [1.54, 1.807) is 0 Å². The minimum atomic E-state index is -2.10. The standard InChI is InChI=1S/C28H51NO4Si2/c1-21(2)35(22(3)4,23(5)6)33-26-17-18-29(25(26)20-32-34(10,11)28(7,8)9)27(30)31-19-24-15-13-12-14-16-24/h12-16,21-23,25-26H,17-20H2,1-11H3/t25-,26-/m0/s1.